The number of aliphatic imine (C=N–C) groups is 3. The maximum Gasteiger partial charge on any atom is 2.00 e. The normalized spacial score (nSPS) is 21.9. The summed E-state index contributed by atoms with van der Waals surface area (Å²) in [5, 5.41) is 14.7. The van der Waals surface area contributed by atoms with Crippen molar-refractivity contribution in [3.8, 4) is 0 Å². The third-order valence-electron chi connectivity index (χ3n) is 9.22. The molecule has 1 aromatic heterocycles. The van der Waals surface area contributed by atoms with E-state index in [2.05, 4.69) is 13.8 Å². The first-order valence-corrected chi connectivity index (χ1v) is 14.6. The average molecular weight is 637 g/mol. The van der Waals surface area contributed by atoms with Crippen LogP contribution in [-0.4, -0.2) is 43.3 Å². The van der Waals surface area contributed by atoms with E-state index in [-0.39, 0.29) is 52.9 Å². The van der Waals surface area contributed by atoms with Crippen molar-refractivity contribution in [2.45, 2.75) is 60.3 Å². The van der Waals surface area contributed by atoms with Gasteiger partial charge in [0.1, 0.15) is 0 Å². The molecule has 10 heteroatoms. The number of hydrogen-bond donors (Lipinski definition) is 0. The Hall–Kier alpha value is -4.04. The number of hydrogen-bond acceptors (Lipinski definition) is 8. The van der Waals surface area contributed by atoms with Gasteiger partial charge in [-0.15, -0.1) is 16.8 Å². The molecule has 5 heterocycles. The zero-order chi connectivity index (χ0) is 30.7. The van der Waals surface area contributed by atoms with E-state index >= 15 is 0 Å². The third-order valence-corrected chi connectivity index (χ3v) is 9.22. The van der Waals surface area contributed by atoms with Crippen LogP contribution in [0.4, 0.5) is 0 Å². The molecule has 230 valence electrons. The minimum atomic E-state index is -0.471. The van der Waals surface area contributed by atoms with Gasteiger partial charge in [0.2, 0.25) is 0 Å². The topological polar surface area (TPSA) is 127 Å². The van der Waals surface area contributed by atoms with E-state index in [1.165, 1.54) is 14.2 Å². The number of allylic oxidation sites excluding steroid dienone is 6. The van der Waals surface area contributed by atoms with Crippen molar-refractivity contribution in [1.82, 2.24) is 4.98 Å². The number of carbonyl (C=O) groups is 2. The van der Waals surface area contributed by atoms with Gasteiger partial charge in [-0.3, -0.25) is 9.79 Å². The smallest absolute Gasteiger partial charge is 0.875 e. The van der Waals surface area contributed by atoms with E-state index in [4.69, 9.17) is 29.4 Å². The van der Waals surface area contributed by atoms with Gasteiger partial charge in [-0.2, -0.15) is 0 Å². The fourth-order valence-electron chi connectivity index (χ4n) is 6.72. The summed E-state index contributed by atoms with van der Waals surface area (Å²) in [4.78, 5) is 45.1. The van der Waals surface area contributed by atoms with Crippen LogP contribution in [0.1, 0.15) is 64.6 Å². The molecule has 4 aliphatic heterocycles. The Morgan fingerprint density at radius 1 is 1.00 bits per heavy atom. The fraction of sp³-hybridized carbons (Fsp3) is 0.382. The predicted molar refractivity (Wildman–Crippen MR) is 163 cm³/mol. The second kappa shape index (κ2) is 11.8. The zero-order valence-electron chi connectivity index (χ0n) is 25.9. The summed E-state index contributed by atoms with van der Waals surface area (Å²) in [6.07, 6.45) is 7.39. The van der Waals surface area contributed by atoms with E-state index in [9.17, 15) is 14.7 Å². The molecule has 0 fully saturated rings. The van der Waals surface area contributed by atoms with Crippen LogP contribution in [0.25, 0.3) is 17.4 Å². The van der Waals surface area contributed by atoms with Crippen molar-refractivity contribution in [2.75, 3.05) is 14.2 Å². The SMILES string of the molecule is CCC1=C(C)C2=NC1=Cc1[n-]c3c(c1C)=C([O-])CC=3C1=NC(=CC3=NC(=C2)C(C(=O)OC)=C3C)[C@@H](C)[C@@H]1CCC(=O)OC.[Ni+2]. The third kappa shape index (κ3) is 4.89. The van der Waals surface area contributed by atoms with Crippen LogP contribution < -0.4 is 20.7 Å². The van der Waals surface area contributed by atoms with Crippen LogP contribution in [0.15, 0.2) is 66.5 Å². The van der Waals surface area contributed by atoms with Gasteiger partial charge >= 0.3 is 28.4 Å². The Labute approximate surface area is 266 Å². The molecule has 6 rings (SSSR count). The first-order valence-electron chi connectivity index (χ1n) is 14.6. The van der Waals surface area contributed by atoms with Crippen molar-refractivity contribution in [1.29, 1.82) is 0 Å². The molecule has 0 spiro atoms. The number of carbonyl (C=O) groups excluding carboxylic acids is 2. The van der Waals surface area contributed by atoms with Crippen molar-refractivity contribution < 1.29 is 40.7 Å². The first kappa shape index (κ1) is 31.4. The summed E-state index contributed by atoms with van der Waals surface area (Å²) < 4.78 is 10.1. The van der Waals surface area contributed by atoms with E-state index in [0.717, 1.165) is 51.5 Å². The Morgan fingerprint density at radius 2 is 1.70 bits per heavy atom. The molecule has 0 saturated carbocycles. The van der Waals surface area contributed by atoms with Gasteiger partial charge in [0.25, 0.3) is 0 Å². The molecule has 0 radical (unpaired) electrons. The van der Waals surface area contributed by atoms with Crippen LogP contribution in [0.2, 0.25) is 0 Å². The molecular weight excluding hydrogens is 603 g/mol. The average Bonchev–Trinajstić information content (AvgIpc) is 3.74. The number of aromatic nitrogens is 1. The van der Waals surface area contributed by atoms with Crippen molar-refractivity contribution >= 4 is 46.5 Å². The molecule has 0 N–H and O–H groups in total. The molecule has 0 aromatic carbocycles. The maximum absolute atomic E-state index is 13.4. The number of esters is 2. The number of methoxy groups -OCH3 is 2. The molecule has 2 atom stereocenters. The van der Waals surface area contributed by atoms with Gasteiger partial charge in [0.15, 0.2) is 0 Å². The first-order chi connectivity index (χ1) is 20.6. The van der Waals surface area contributed by atoms with Crippen molar-refractivity contribution in [3.63, 3.8) is 0 Å². The molecule has 44 heavy (non-hydrogen) atoms. The number of fused-ring (bicyclic) bond motifs is 5. The molecule has 0 saturated heterocycles. The van der Waals surface area contributed by atoms with Crippen molar-refractivity contribution in [3.05, 3.63) is 73.4 Å². The van der Waals surface area contributed by atoms with Gasteiger partial charge in [-0.25, -0.2) is 14.8 Å². The maximum atomic E-state index is 13.4. The summed E-state index contributed by atoms with van der Waals surface area (Å²) in [5.74, 6) is -0.958. The summed E-state index contributed by atoms with van der Waals surface area (Å²) in [6, 6.07) is 0. The standard InChI is InChI=1S/C34H36N4O5.Ni/c1-8-19-15(2)22-14-27-30(34(41)43-7)17(4)24(36-27)12-23-16(3)20(9-10-29(40)42-6)32(37-23)21-11-28(39)31-18(5)25(38-33(21)31)13-26(19)35-22;/h12-14,16,20H,8-11H2,1-7H3,(H2,35,36,37,38,39,41);/q;+2/p-2/t16-,20-;/m0./s1. The number of ether oxygens (including phenoxy) is 2. The van der Waals surface area contributed by atoms with Crippen LogP contribution in [0, 0.1) is 18.8 Å². The van der Waals surface area contributed by atoms with Gasteiger partial charge in [0.05, 0.1) is 42.6 Å². The Kier molecular flexibility index (Phi) is 8.42. The Bertz CT molecular complexity index is 1890. The zero-order valence-corrected chi connectivity index (χ0v) is 26.8. The summed E-state index contributed by atoms with van der Waals surface area (Å²) in [5.41, 5.74) is 9.61. The molecule has 1 aliphatic carbocycles. The summed E-state index contributed by atoms with van der Waals surface area (Å²) in [7, 11) is 2.74. The second-order valence-corrected chi connectivity index (χ2v) is 11.5. The predicted octanol–water partition coefficient (Wildman–Crippen LogP) is 2.88. The number of nitrogens with zero attached hydrogens (tertiary/aromatic N) is 4. The largest absolute Gasteiger partial charge is 2.00 e. The van der Waals surface area contributed by atoms with Gasteiger partial charge in [-0.05, 0) is 79.7 Å². The van der Waals surface area contributed by atoms with Crippen LogP contribution in [0.3, 0.4) is 0 Å². The molecule has 0 amide bonds. The van der Waals surface area contributed by atoms with E-state index in [1.807, 2.05) is 39.0 Å². The minimum Gasteiger partial charge on any atom is -0.875 e. The fourth-order valence-corrected chi connectivity index (χ4v) is 6.72. The van der Waals surface area contributed by atoms with E-state index < -0.39 is 5.97 Å². The quantitative estimate of drug-likeness (QED) is 0.361. The number of rotatable bonds is 5. The summed E-state index contributed by atoms with van der Waals surface area (Å²) >= 11 is 0. The van der Waals surface area contributed by atoms with Crippen LogP contribution in [0.5, 0.6) is 0 Å². The summed E-state index contributed by atoms with van der Waals surface area (Å²) in [6.45, 7) is 9.95. The molecule has 5 aliphatic rings. The van der Waals surface area contributed by atoms with Gasteiger partial charge in [0, 0.05) is 29.7 Å². The molecular formula is C34H34N4NiO5. The Balaban J connectivity index is 0.00000384. The van der Waals surface area contributed by atoms with Crippen molar-refractivity contribution in [2.24, 2.45) is 26.8 Å². The van der Waals surface area contributed by atoms with Crippen LogP contribution in [-0.2, 0) is 35.6 Å². The minimum absolute atomic E-state index is 0. The monoisotopic (exact) mass is 636 g/mol. The van der Waals surface area contributed by atoms with Crippen LogP contribution >= 0.6 is 0 Å². The Morgan fingerprint density at radius 3 is 2.39 bits per heavy atom. The molecule has 9 nitrogen and oxygen atoms in total. The van der Waals surface area contributed by atoms with Gasteiger partial charge < -0.3 is 19.6 Å². The van der Waals surface area contributed by atoms with E-state index in [0.29, 0.717) is 45.2 Å². The molecule has 8 bridgehead atoms. The second-order valence-electron chi connectivity index (χ2n) is 11.5. The van der Waals surface area contributed by atoms with E-state index in [1.54, 1.807) is 0 Å². The van der Waals surface area contributed by atoms with Gasteiger partial charge in [-0.1, -0.05) is 25.5 Å². The molecule has 0 unspecified atom stereocenters. The molecule has 1 aromatic rings.